The fourth-order valence-electron chi connectivity index (χ4n) is 2.30. The summed E-state index contributed by atoms with van der Waals surface area (Å²) >= 11 is 0. The van der Waals surface area contributed by atoms with Gasteiger partial charge >= 0.3 is 6.09 Å². The zero-order valence-corrected chi connectivity index (χ0v) is 10.2. The zero-order chi connectivity index (χ0) is 13.0. The summed E-state index contributed by atoms with van der Waals surface area (Å²) in [6.07, 6.45) is 4.47. The lowest BCUT2D eigenvalue weighted by Gasteiger charge is -2.34. The Morgan fingerprint density at radius 1 is 1.61 bits per heavy atom. The second-order valence-electron chi connectivity index (χ2n) is 4.36. The molecular weight excluding hydrogens is 232 g/mol. The van der Waals surface area contributed by atoms with Crippen LogP contribution in [0.25, 0.3) is 0 Å². The normalized spacial score (nSPS) is 19.6. The molecule has 1 amide bonds. The lowest BCUT2D eigenvalue weighted by molar-refractivity contribution is 0.0965. The molecule has 98 valence electrons. The molecule has 1 aliphatic rings. The number of hydrogen-bond donors (Lipinski definition) is 2. The average Bonchev–Trinajstić information content (AvgIpc) is 2.38. The van der Waals surface area contributed by atoms with Crippen LogP contribution in [0.4, 0.5) is 10.5 Å². The number of anilines is 1. The number of amides is 1. The van der Waals surface area contributed by atoms with Gasteiger partial charge in [0.1, 0.15) is 6.10 Å². The van der Waals surface area contributed by atoms with Gasteiger partial charge in [-0.15, -0.1) is 0 Å². The Morgan fingerprint density at radius 3 is 3.17 bits per heavy atom. The summed E-state index contributed by atoms with van der Waals surface area (Å²) in [6, 6.07) is 1.94. The van der Waals surface area contributed by atoms with E-state index in [9.17, 15) is 4.79 Å². The Morgan fingerprint density at radius 2 is 2.44 bits per heavy atom. The number of hydrogen-bond acceptors (Lipinski definition) is 5. The summed E-state index contributed by atoms with van der Waals surface area (Å²) in [4.78, 5) is 17.0. The first-order valence-corrected chi connectivity index (χ1v) is 6.04. The summed E-state index contributed by atoms with van der Waals surface area (Å²) in [5, 5.41) is 0. The number of nitrogens with two attached hydrogens (primary N) is 2. The van der Waals surface area contributed by atoms with Gasteiger partial charge in [0.05, 0.1) is 6.54 Å². The second-order valence-corrected chi connectivity index (χ2v) is 4.36. The maximum Gasteiger partial charge on any atom is 0.404 e. The van der Waals surface area contributed by atoms with Gasteiger partial charge in [0.15, 0.2) is 0 Å². The Bertz CT molecular complexity index is 424. The first-order chi connectivity index (χ1) is 8.70. The van der Waals surface area contributed by atoms with Crippen molar-refractivity contribution in [3.8, 4) is 0 Å². The largest absolute Gasteiger partial charge is 0.445 e. The van der Waals surface area contributed by atoms with E-state index < -0.39 is 6.09 Å². The highest BCUT2D eigenvalue weighted by Crippen LogP contribution is 2.24. The molecule has 1 fully saturated rings. The van der Waals surface area contributed by atoms with Crippen LogP contribution in [0.3, 0.4) is 0 Å². The zero-order valence-electron chi connectivity index (χ0n) is 10.2. The maximum atomic E-state index is 10.8. The molecule has 0 aliphatic carbocycles. The molecule has 1 atom stereocenters. The van der Waals surface area contributed by atoms with Gasteiger partial charge in [-0.25, -0.2) is 4.79 Å². The fraction of sp³-hybridized carbons (Fsp3) is 0.500. The summed E-state index contributed by atoms with van der Waals surface area (Å²) in [5.74, 6) is 0. The molecule has 0 aromatic carbocycles. The van der Waals surface area contributed by atoms with Gasteiger partial charge < -0.3 is 21.1 Å². The third kappa shape index (κ3) is 2.89. The first-order valence-electron chi connectivity index (χ1n) is 6.04. The Hall–Kier alpha value is -1.82. The van der Waals surface area contributed by atoms with E-state index in [-0.39, 0.29) is 6.10 Å². The van der Waals surface area contributed by atoms with Crippen LogP contribution in [0, 0.1) is 0 Å². The molecule has 1 aromatic rings. The van der Waals surface area contributed by atoms with Crippen LogP contribution in [0.1, 0.15) is 18.4 Å². The molecule has 2 rings (SSSR count). The number of carbonyl (C=O) groups is 1. The summed E-state index contributed by atoms with van der Waals surface area (Å²) in [5.41, 5.74) is 12.8. The topological polar surface area (TPSA) is 94.5 Å². The molecule has 6 heteroatoms. The number of ether oxygens (including phenoxy) is 1. The van der Waals surface area contributed by atoms with Gasteiger partial charge in [-0.2, -0.15) is 0 Å². The smallest absolute Gasteiger partial charge is 0.404 e. The molecule has 1 saturated heterocycles. The monoisotopic (exact) mass is 250 g/mol. The molecule has 0 spiro atoms. The van der Waals surface area contributed by atoms with Crippen LogP contribution in [0.15, 0.2) is 18.5 Å². The third-order valence-electron chi connectivity index (χ3n) is 3.10. The van der Waals surface area contributed by atoms with Gasteiger partial charge in [-0.05, 0) is 18.9 Å². The van der Waals surface area contributed by atoms with Crippen molar-refractivity contribution in [1.82, 2.24) is 4.98 Å². The van der Waals surface area contributed by atoms with Crippen LogP contribution in [0.2, 0.25) is 0 Å². The van der Waals surface area contributed by atoms with Crippen LogP contribution in [0.5, 0.6) is 0 Å². The number of piperidine rings is 1. The van der Waals surface area contributed by atoms with E-state index in [1.54, 1.807) is 12.4 Å². The molecule has 2 heterocycles. The van der Waals surface area contributed by atoms with E-state index in [4.69, 9.17) is 16.2 Å². The minimum Gasteiger partial charge on any atom is -0.445 e. The molecule has 0 unspecified atom stereocenters. The van der Waals surface area contributed by atoms with Gasteiger partial charge in [0.25, 0.3) is 0 Å². The van der Waals surface area contributed by atoms with E-state index in [0.29, 0.717) is 13.1 Å². The Labute approximate surface area is 106 Å². The van der Waals surface area contributed by atoms with Gasteiger partial charge in [0.2, 0.25) is 0 Å². The van der Waals surface area contributed by atoms with Crippen molar-refractivity contribution in [2.75, 3.05) is 18.0 Å². The fourth-order valence-corrected chi connectivity index (χ4v) is 2.30. The Kier molecular flexibility index (Phi) is 3.99. The quantitative estimate of drug-likeness (QED) is 0.819. The number of nitrogens with zero attached hydrogens (tertiary/aromatic N) is 2. The SMILES string of the molecule is NCc1cnccc1N1CCC[C@H](OC(N)=O)C1. The number of carbonyl (C=O) groups excluding carboxylic acids is 1. The van der Waals surface area contributed by atoms with E-state index in [0.717, 1.165) is 30.6 Å². The predicted octanol–water partition coefficient (Wildman–Crippen LogP) is 0.604. The minimum atomic E-state index is -0.712. The first kappa shape index (κ1) is 12.6. The number of rotatable bonds is 3. The summed E-state index contributed by atoms with van der Waals surface area (Å²) < 4.78 is 5.07. The number of primary amides is 1. The molecule has 4 N–H and O–H groups in total. The van der Waals surface area contributed by atoms with E-state index in [1.807, 2.05) is 6.07 Å². The van der Waals surface area contributed by atoms with Crippen molar-refractivity contribution in [3.05, 3.63) is 24.0 Å². The molecular formula is C12H18N4O2. The van der Waals surface area contributed by atoms with Crippen molar-refractivity contribution in [1.29, 1.82) is 0 Å². The molecule has 0 saturated carbocycles. The molecule has 18 heavy (non-hydrogen) atoms. The highest BCUT2D eigenvalue weighted by molar-refractivity contribution is 5.65. The average molecular weight is 250 g/mol. The second kappa shape index (κ2) is 5.68. The molecule has 1 aromatic heterocycles. The van der Waals surface area contributed by atoms with Gasteiger partial charge in [-0.3, -0.25) is 4.98 Å². The van der Waals surface area contributed by atoms with E-state index >= 15 is 0 Å². The Balaban J connectivity index is 2.10. The summed E-state index contributed by atoms with van der Waals surface area (Å²) in [6.45, 7) is 2.02. The van der Waals surface area contributed by atoms with Crippen molar-refractivity contribution in [2.45, 2.75) is 25.5 Å². The summed E-state index contributed by atoms with van der Waals surface area (Å²) in [7, 11) is 0. The van der Waals surface area contributed by atoms with Crippen molar-refractivity contribution < 1.29 is 9.53 Å². The molecule has 6 nitrogen and oxygen atoms in total. The van der Waals surface area contributed by atoms with Crippen LogP contribution >= 0.6 is 0 Å². The van der Waals surface area contributed by atoms with Crippen LogP contribution < -0.4 is 16.4 Å². The van der Waals surface area contributed by atoms with Crippen LogP contribution in [-0.4, -0.2) is 30.3 Å². The van der Waals surface area contributed by atoms with Crippen LogP contribution in [-0.2, 0) is 11.3 Å². The lowest BCUT2D eigenvalue weighted by Crippen LogP contribution is -2.41. The highest BCUT2D eigenvalue weighted by atomic mass is 16.6. The van der Waals surface area contributed by atoms with Crippen molar-refractivity contribution in [2.24, 2.45) is 11.5 Å². The lowest BCUT2D eigenvalue weighted by atomic mass is 10.1. The van der Waals surface area contributed by atoms with E-state index in [1.165, 1.54) is 0 Å². The molecule has 1 aliphatic heterocycles. The standard InChI is InChI=1S/C12H18N4O2/c13-6-9-7-15-4-3-11(9)16-5-1-2-10(8-16)18-12(14)17/h3-4,7,10H,1-2,5-6,8,13H2,(H2,14,17)/t10-/m0/s1. The maximum absolute atomic E-state index is 10.8. The molecule has 0 radical (unpaired) electrons. The molecule has 0 bridgehead atoms. The number of pyridine rings is 1. The number of aromatic nitrogens is 1. The van der Waals surface area contributed by atoms with E-state index in [2.05, 4.69) is 9.88 Å². The van der Waals surface area contributed by atoms with Gasteiger partial charge in [0, 0.05) is 36.7 Å². The predicted molar refractivity (Wildman–Crippen MR) is 68.0 cm³/mol. The highest BCUT2D eigenvalue weighted by Gasteiger charge is 2.23. The minimum absolute atomic E-state index is 0.143. The van der Waals surface area contributed by atoms with Crippen molar-refractivity contribution >= 4 is 11.8 Å². The third-order valence-corrected chi connectivity index (χ3v) is 3.10. The van der Waals surface area contributed by atoms with Gasteiger partial charge in [-0.1, -0.05) is 0 Å². The van der Waals surface area contributed by atoms with Crippen molar-refractivity contribution in [3.63, 3.8) is 0 Å².